The lowest BCUT2D eigenvalue weighted by atomic mass is 10.1. The monoisotopic (exact) mass is 416 g/mol. The number of thiophene rings is 1. The number of piperazine rings is 1. The highest BCUT2D eigenvalue weighted by atomic mass is 35.5. The average Bonchev–Trinajstić information content (AvgIpc) is 3.06. The second kappa shape index (κ2) is 7.73. The number of hydrogen-bond donors (Lipinski definition) is 0. The van der Waals surface area contributed by atoms with E-state index in [1.807, 2.05) is 6.07 Å². The Labute approximate surface area is 172 Å². The van der Waals surface area contributed by atoms with Gasteiger partial charge in [0.15, 0.2) is 11.5 Å². The molecule has 2 aliphatic rings. The molecule has 2 aromatic heterocycles. The van der Waals surface area contributed by atoms with Gasteiger partial charge in [0.25, 0.3) is 0 Å². The van der Waals surface area contributed by atoms with Gasteiger partial charge in [-0.05, 0) is 29.1 Å². The molecule has 4 heterocycles. The first-order valence-electron chi connectivity index (χ1n) is 9.51. The van der Waals surface area contributed by atoms with E-state index in [4.69, 9.17) is 21.1 Å². The van der Waals surface area contributed by atoms with E-state index in [-0.39, 0.29) is 0 Å². The molecule has 6 nitrogen and oxygen atoms in total. The Morgan fingerprint density at radius 1 is 1.07 bits per heavy atom. The SMILES string of the molecule is Clc1cc(CN2CCN(c3ncnc4sccc34)CC2)cc2c1OCCCO2. The van der Waals surface area contributed by atoms with Gasteiger partial charge in [0.1, 0.15) is 17.0 Å². The van der Waals surface area contributed by atoms with Crippen molar-refractivity contribution in [1.29, 1.82) is 0 Å². The van der Waals surface area contributed by atoms with Crippen molar-refractivity contribution in [2.75, 3.05) is 44.3 Å². The Morgan fingerprint density at radius 3 is 2.82 bits per heavy atom. The van der Waals surface area contributed by atoms with Crippen LogP contribution >= 0.6 is 22.9 Å². The Morgan fingerprint density at radius 2 is 1.93 bits per heavy atom. The van der Waals surface area contributed by atoms with E-state index in [9.17, 15) is 0 Å². The number of halogens is 1. The Bertz CT molecular complexity index is 987. The number of fused-ring (bicyclic) bond motifs is 2. The molecule has 146 valence electrons. The number of rotatable bonds is 3. The minimum Gasteiger partial charge on any atom is -0.489 e. The van der Waals surface area contributed by atoms with Crippen molar-refractivity contribution in [3.63, 3.8) is 0 Å². The van der Waals surface area contributed by atoms with E-state index in [0.717, 1.165) is 66.5 Å². The highest BCUT2D eigenvalue weighted by molar-refractivity contribution is 7.16. The van der Waals surface area contributed by atoms with Crippen LogP contribution in [0.2, 0.25) is 5.02 Å². The lowest BCUT2D eigenvalue weighted by Gasteiger charge is -2.35. The van der Waals surface area contributed by atoms with Crippen molar-refractivity contribution in [1.82, 2.24) is 14.9 Å². The van der Waals surface area contributed by atoms with Crippen LogP contribution in [0.15, 0.2) is 29.9 Å². The molecule has 0 amide bonds. The maximum Gasteiger partial charge on any atom is 0.179 e. The van der Waals surface area contributed by atoms with Crippen LogP contribution in [-0.2, 0) is 6.54 Å². The molecule has 0 radical (unpaired) electrons. The summed E-state index contributed by atoms with van der Waals surface area (Å²) in [5.41, 5.74) is 1.16. The van der Waals surface area contributed by atoms with Gasteiger partial charge in [-0.15, -0.1) is 11.3 Å². The Kier molecular flexibility index (Phi) is 4.96. The van der Waals surface area contributed by atoms with E-state index < -0.39 is 0 Å². The van der Waals surface area contributed by atoms with Crippen molar-refractivity contribution in [3.05, 3.63) is 40.5 Å². The van der Waals surface area contributed by atoms with E-state index in [2.05, 4.69) is 37.3 Å². The molecule has 5 rings (SSSR count). The summed E-state index contributed by atoms with van der Waals surface area (Å²) in [5, 5.41) is 3.86. The average molecular weight is 417 g/mol. The second-order valence-corrected chi connectivity index (χ2v) is 8.36. The first-order valence-corrected chi connectivity index (χ1v) is 10.8. The van der Waals surface area contributed by atoms with Crippen LogP contribution in [0.5, 0.6) is 11.5 Å². The van der Waals surface area contributed by atoms with Crippen molar-refractivity contribution >= 4 is 39.0 Å². The van der Waals surface area contributed by atoms with Crippen molar-refractivity contribution in [3.8, 4) is 11.5 Å². The molecule has 2 aliphatic heterocycles. The van der Waals surface area contributed by atoms with E-state index in [0.29, 0.717) is 24.0 Å². The lowest BCUT2D eigenvalue weighted by molar-refractivity contribution is 0.249. The van der Waals surface area contributed by atoms with Crippen LogP contribution in [0.3, 0.4) is 0 Å². The van der Waals surface area contributed by atoms with Gasteiger partial charge in [-0.1, -0.05) is 11.6 Å². The Balaban J connectivity index is 1.27. The van der Waals surface area contributed by atoms with Crippen LogP contribution in [-0.4, -0.2) is 54.3 Å². The number of ether oxygens (including phenoxy) is 2. The molecule has 0 spiro atoms. The van der Waals surface area contributed by atoms with E-state index in [1.54, 1.807) is 17.7 Å². The maximum absolute atomic E-state index is 6.44. The predicted molar refractivity (Wildman–Crippen MR) is 112 cm³/mol. The first kappa shape index (κ1) is 18.0. The fourth-order valence-corrected chi connectivity index (χ4v) is 4.80. The van der Waals surface area contributed by atoms with Crippen LogP contribution < -0.4 is 14.4 Å². The molecule has 0 bridgehead atoms. The minimum absolute atomic E-state index is 0.633. The summed E-state index contributed by atoms with van der Waals surface area (Å²) in [6, 6.07) is 6.18. The number of nitrogens with zero attached hydrogens (tertiary/aromatic N) is 4. The smallest absolute Gasteiger partial charge is 0.179 e. The summed E-state index contributed by atoms with van der Waals surface area (Å²) in [4.78, 5) is 14.7. The highest BCUT2D eigenvalue weighted by Gasteiger charge is 2.22. The van der Waals surface area contributed by atoms with Gasteiger partial charge in [-0.3, -0.25) is 4.90 Å². The second-order valence-electron chi connectivity index (χ2n) is 7.06. The van der Waals surface area contributed by atoms with Gasteiger partial charge in [-0.25, -0.2) is 9.97 Å². The van der Waals surface area contributed by atoms with Gasteiger partial charge in [0.2, 0.25) is 0 Å². The lowest BCUT2D eigenvalue weighted by Crippen LogP contribution is -2.46. The molecule has 1 fully saturated rings. The summed E-state index contributed by atoms with van der Waals surface area (Å²) in [7, 11) is 0. The molecule has 3 aromatic rings. The molecule has 1 aromatic carbocycles. The summed E-state index contributed by atoms with van der Waals surface area (Å²) >= 11 is 8.10. The highest BCUT2D eigenvalue weighted by Crippen LogP contribution is 2.38. The summed E-state index contributed by atoms with van der Waals surface area (Å²) in [5.74, 6) is 2.49. The topological polar surface area (TPSA) is 50.7 Å². The number of aromatic nitrogens is 2. The third-order valence-corrected chi connectivity index (χ3v) is 6.28. The van der Waals surface area contributed by atoms with E-state index in [1.165, 1.54) is 0 Å². The van der Waals surface area contributed by atoms with Crippen LogP contribution in [0.1, 0.15) is 12.0 Å². The van der Waals surface area contributed by atoms with Gasteiger partial charge < -0.3 is 14.4 Å². The molecular weight excluding hydrogens is 396 g/mol. The molecule has 0 saturated carbocycles. The molecule has 28 heavy (non-hydrogen) atoms. The number of benzene rings is 1. The zero-order valence-electron chi connectivity index (χ0n) is 15.4. The normalized spacial score (nSPS) is 17.7. The molecule has 0 N–H and O–H groups in total. The summed E-state index contributed by atoms with van der Waals surface area (Å²) in [6.07, 6.45) is 2.54. The van der Waals surface area contributed by atoms with Gasteiger partial charge >= 0.3 is 0 Å². The fourth-order valence-electron chi connectivity index (χ4n) is 3.78. The molecule has 8 heteroatoms. The molecular formula is C20H21ClN4O2S. The van der Waals surface area contributed by atoms with Crippen molar-refractivity contribution in [2.45, 2.75) is 13.0 Å². The maximum atomic E-state index is 6.44. The largest absolute Gasteiger partial charge is 0.489 e. The summed E-state index contributed by atoms with van der Waals surface area (Å²) in [6.45, 7) is 6.00. The number of hydrogen-bond acceptors (Lipinski definition) is 7. The number of anilines is 1. The van der Waals surface area contributed by atoms with Gasteiger partial charge in [-0.2, -0.15) is 0 Å². The Hall–Kier alpha value is -2.09. The van der Waals surface area contributed by atoms with Gasteiger partial charge in [0.05, 0.1) is 23.6 Å². The van der Waals surface area contributed by atoms with Crippen molar-refractivity contribution < 1.29 is 9.47 Å². The third-order valence-electron chi connectivity index (χ3n) is 5.18. The third kappa shape index (κ3) is 3.50. The standard InChI is InChI=1S/C20H21ClN4O2S/c21-16-10-14(11-17-18(16)27-8-1-7-26-17)12-24-3-5-25(6-4-24)19-15-2-9-28-20(15)23-13-22-19/h2,9-11,13H,1,3-8,12H2. The van der Waals surface area contributed by atoms with Crippen molar-refractivity contribution in [2.24, 2.45) is 0 Å². The van der Waals surface area contributed by atoms with Crippen LogP contribution in [0.25, 0.3) is 10.2 Å². The molecule has 0 atom stereocenters. The van der Waals surface area contributed by atoms with E-state index >= 15 is 0 Å². The predicted octanol–water partition coefficient (Wildman–Crippen LogP) is 3.83. The van der Waals surface area contributed by atoms with Crippen LogP contribution in [0, 0.1) is 0 Å². The molecule has 0 aliphatic carbocycles. The summed E-state index contributed by atoms with van der Waals surface area (Å²) < 4.78 is 11.5. The first-order chi connectivity index (χ1) is 13.8. The molecule has 1 saturated heterocycles. The van der Waals surface area contributed by atoms with Crippen LogP contribution in [0.4, 0.5) is 5.82 Å². The zero-order chi connectivity index (χ0) is 18.9. The fraction of sp³-hybridized carbons (Fsp3) is 0.400. The minimum atomic E-state index is 0.633. The molecule has 0 unspecified atom stereocenters. The zero-order valence-corrected chi connectivity index (χ0v) is 17.0. The quantitative estimate of drug-likeness (QED) is 0.646. The van der Waals surface area contributed by atoms with Gasteiger partial charge in [0, 0.05) is 39.1 Å².